The fraction of sp³-hybridized carbons (Fsp3) is 0.333. The van der Waals surface area contributed by atoms with Gasteiger partial charge in [-0.3, -0.25) is 4.79 Å². The number of rotatable bonds is 5. The van der Waals surface area contributed by atoms with E-state index in [9.17, 15) is 14.0 Å². The summed E-state index contributed by atoms with van der Waals surface area (Å²) in [5.41, 5.74) is 3.69. The summed E-state index contributed by atoms with van der Waals surface area (Å²) < 4.78 is 18.9. The third-order valence-corrected chi connectivity index (χ3v) is 5.56. The highest BCUT2D eigenvalue weighted by atomic mass is 19.1. The monoisotopic (exact) mass is 423 g/mol. The first-order valence-electron chi connectivity index (χ1n) is 10.5. The predicted octanol–water partition coefficient (Wildman–Crippen LogP) is 4.50. The third kappa shape index (κ3) is 4.94. The fourth-order valence-corrected chi connectivity index (χ4v) is 4.04. The number of carbonyl (C=O) groups is 1. The van der Waals surface area contributed by atoms with Gasteiger partial charge in [-0.15, -0.1) is 0 Å². The van der Waals surface area contributed by atoms with Gasteiger partial charge in [-0.25, -0.2) is 9.18 Å². The Balaban J connectivity index is 1.62. The van der Waals surface area contributed by atoms with E-state index in [1.54, 1.807) is 4.90 Å². The van der Waals surface area contributed by atoms with Crippen LogP contribution in [0.3, 0.4) is 0 Å². The zero-order valence-electron chi connectivity index (χ0n) is 17.7. The second-order valence-corrected chi connectivity index (χ2v) is 8.12. The number of aromatic nitrogens is 1. The smallest absolute Gasteiger partial charge is 0.322 e. The van der Waals surface area contributed by atoms with Crippen LogP contribution in [-0.2, 0) is 11.3 Å². The van der Waals surface area contributed by atoms with Crippen molar-refractivity contribution in [3.8, 4) is 0 Å². The fourth-order valence-electron chi connectivity index (χ4n) is 4.04. The molecule has 6 nitrogen and oxygen atoms in total. The number of pyridine rings is 1. The largest absolute Gasteiger partial charge is 0.376 e. The maximum absolute atomic E-state index is 13.2. The molecule has 1 aliphatic rings. The molecule has 31 heavy (non-hydrogen) atoms. The van der Waals surface area contributed by atoms with Gasteiger partial charge in [-0.05, 0) is 74.0 Å². The second-order valence-electron chi connectivity index (χ2n) is 8.12. The van der Waals surface area contributed by atoms with Gasteiger partial charge >= 0.3 is 6.03 Å². The molecule has 0 spiro atoms. The van der Waals surface area contributed by atoms with Crippen LogP contribution in [0.2, 0.25) is 0 Å². The maximum atomic E-state index is 13.2. The minimum Gasteiger partial charge on any atom is -0.376 e. The van der Waals surface area contributed by atoms with Gasteiger partial charge in [0.05, 0.1) is 18.2 Å². The van der Waals surface area contributed by atoms with Gasteiger partial charge in [0, 0.05) is 24.4 Å². The molecule has 1 saturated heterocycles. The number of H-pyrrole nitrogens is 1. The molecule has 4 rings (SSSR count). The molecule has 1 aromatic heterocycles. The van der Waals surface area contributed by atoms with E-state index in [-0.39, 0.29) is 30.1 Å². The molecular weight excluding hydrogens is 397 g/mol. The first-order valence-corrected chi connectivity index (χ1v) is 10.5. The number of nitrogens with zero attached hydrogens (tertiary/aromatic N) is 1. The average molecular weight is 423 g/mol. The lowest BCUT2D eigenvalue weighted by Gasteiger charge is -2.26. The minimum absolute atomic E-state index is 0.0667. The van der Waals surface area contributed by atoms with E-state index in [4.69, 9.17) is 4.74 Å². The van der Waals surface area contributed by atoms with Crippen LogP contribution in [0.25, 0.3) is 10.9 Å². The summed E-state index contributed by atoms with van der Waals surface area (Å²) in [5, 5.41) is 3.72. The molecule has 0 aliphatic carbocycles. The number of carbonyl (C=O) groups excluding carboxylic acids is 1. The minimum atomic E-state index is -0.373. The van der Waals surface area contributed by atoms with Crippen LogP contribution < -0.4 is 10.9 Å². The molecule has 0 saturated carbocycles. The number of hydrogen-bond donors (Lipinski definition) is 2. The number of urea groups is 1. The van der Waals surface area contributed by atoms with Crippen molar-refractivity contribution in [2.24, 2.45) is 0 Å². The highest BCUT2D eigenvalue weighted by molar-refractivity contribution is 5.89. The molecule has 2 N–H and O–H groups in total. The molecular formula is C24H26FN3O3. The van der Waals surface area contributed by atoms with Gasteiger partial charge in [0.15, 0.2) is 0 Å². The molecule has 1 fully saturated rings. The van der Waals surface area contributed by atoms with Gasteiger partial charge in [0.25, 0.3) is 5.56 Å². The third-order valence-electron chi connectivity index (χ3n) is 5.56. The number of fused-ring (bicyclic) bond motifs is 1. The molecule has 2 amide bonds. The Kier molecular flexibility index (Phi) is 6.04. The Morgan fingerprint density at radius 2 is 2.00 bits per heavy atom. The molecule has 0 unspecified atom stereocenters. The van der Waals surface area contributed by atoms with Gasteiger partial charge < -0.3 is 19.9 Å². The van der Waals surface area contributed by atoms with Crippen molar-refractivity contribution in [1.82, 2.24) is 9.88 Å². The van der Waals surface area contributed by atoms with Crippen molar-refractivity contribution in [3.05, 3.63) is 75.3 Å². The van der Waals surface area contributed by atoms with Gasteiger partial charge in [0.1, 0.15) is 5.82 Å². The number of nitrogens with one attached hydrogen (secondary N) is 2. The molecule has 3 aromatic rings. The summed E-state index contributed by atoms with van der Waals surface area (Å²) in [6.07, 6.45) is 1.75. The molecule has 7 heteroatoms. The number of aryl methyl sites for hydroxylation is 2. The topological polar surface area (TPSA) is 74.4 Å². The number of amides is 2. The van der Waals surface area contributed by atoms with Crippen molar-refractivity contribution in [1.29, 1.82) is 0 Å². The summed E-state index contributed by atoms with van der Waals surface area (Å²) in [7, 11) is 0. The molecule has 162 valence electrons. The van der Waals surface area contributed by atoms with Crippen LogP contribution >= 0.6 is 0 Å². The number of ether oxygens (including phenoxy) is 1. The highest BCUT2D eigenvalue weighted by Gasteiger charge is 2.24. The Bertz CT molecular complexity index is 1150. The van der Waals surface area contributed by atoms with Gasteiger partial charge in [-0.2, -0.15) is 0 Å². The highest BCUT2D eigenvalue weighted by Crippen LogP contribution is 2.20. The van der Waals surface area contributed by atoms with Gasteiger partial charge in [-0.1, -0.05) is 11.6 Å². The van der Waals surface area contributed by atoms with Crippen LogP contribution in [0.15, 0.2) is 47.3 Å². The Morgan fingerprint density at radius 3 is 2.71 bits per heavy atom. The molecule has 0 radical (unpaired) electrons. The summed E-state index contributed by atoms with van der Waals surface area (Å²) in [5.74, 6) is -0.373. The van der Waals surface area contributed by atoms with Crippen molar-refractivity contribution in [3.63, 3.8) is 0 Å². The van der Waals surface area contributed by atoms with E-state index < -0.39 is 0 Å². The summed E-state index contributed by atoms with van der Waals surface area (Å²) in [6.45, 7) is 5.16. The maximum Gasteiger partial charge on any atom is 0.322 e. The van der Waals surface area contributed by atoms with Crippen molar-refractivity contribution < 1.29 is 13.9 Å². The van der Waals surface area contributed by atoms with E-state index in [1.165, 1.54) is 24.3 Å². The molecule has 2 aromatic carbocycles. The zero-order chi connectivity index (χ0) is 22.0. The van der Waals surface area contributed by atoms with E-state index in [0.29, 0.717) is 24.4 Å². The SMILES string of the molecule is Cc1cc(C)c2[nH]c(=O)c(CN(C[C@H]3CCCO3)C(=O)Nc3ccc(F)cc3)cc2c1. The Morgan fingerprint density at radius 1 is 1.23 bits per heavy atom. The summed E-state index contributed by atoms with van der Waals surface area (Å²) in [6, 6.07) is 11.1. The second kappa shape index (κ2) is 8.89. The molecule has 1 atom stereocenters. The quantitative estimate of drug-likeness (QED) is 0.635. The van der Waals surface area contributed by atoms with E-state index in [2.05, 4.69) is 10.3 Å². The van der Waals surface area contributed by atoms with Crippen LogP contribution in [0, 0.1) is 19.7 Å². The van der Waals surface area contributed by atoms with Crippen molar-refractivity contribution in [2.75, 3.05) is 18.5 Å². The lowest BCUT2D eigenvalue weighted by atomic mass is 10.1. The first kappa shape index (κ1) is 21.1. The number of aromatic amines is 1. The van der Waals surface area contributed by atoms with E-state index in [1.807, 2.05) is 32.0 Å². The van der Waals surface area contributed by atoms with E-state index in [0.717, 1.165) is 34.9 Å². The van der Waals surface area contributed by atoms with Crippen LogP contribution in [0.1, 0.15) is 29.5 Å². The summed E-state index contributed by atoms with van der Waals surface area (Å²) >= 11 is 0. The van der Waals surface area contributed by atoms with Crippen molar-refractivity contribution >= 4 is 22.6 Å². The number of anilines is 1. The van der Waals surface area contributed by atoms with Crippen LogP contribution in [0.5, 0.6) is 0 Å². The average Bonchev–Trinajstić information content (AvgIpc) is 3.23. The zero-order valence-corrected chi connectivity index (χ0v) is 17.7. The van der Waals surface area contributed by atoms with E-state index >= 15 is 0 Å². The number of halogens is 1. The lowest BCUT2D eigenvalue weighted by molar-refractivity contribution is 0.0818. The van der Waals surface area contributed by atoms with Gasteiger partial charge in [0.2, 0.25) is 0 Å². The molecule has 2 heterocycles. The Labute approximate surface area is 180 Å². The van der Waals surface area contributed by atoms with Crippen LogP contribution in [-0.4, -0.2) is 35.2 Å². The first-order chi connectivity index (χ1) is 14.9. The number of benzene rings is 2. The predicted molar refractivity (Wildman–Crippen MR) is 119 cm³/mol. The van der Waals surface area contributed by atoms with Crippen molar-refractivity contribution in [2.45, 2.75) is 39.3 Å². The standard InChI is InChI=1S/C24H26FN3O3/c1-15-10-16(2)22-17(11-15)12-18(23(29)27-22)13-28(14-21-4-3-9-31-21)24(30)26-20-7-5-19(25)6-8-20/h5-8,10-12,21H,3-4,9,13-14H2,1-2H3,(H,26,30)(H,27,29)/t21-/m1/s1. The van der Waals surface area contributed by atoms with Crippen LogP contribution in [0.4, 0.5) is 14.9 Å². The summed E-state index contributed by atoms with van der Waals surface area (Å²) in [4.78, 5) is 30.3. The molecule has 0 bridgehead atoms. The Hall–Kier alpha value is -3.19. The molecule has 1 aliphatic heterocycles. The lowest BCUT2D eigenvalue weighted by Crippen LogP contribution is -2.40. The number of hydrogen-bond acceptors (Lipinski definition) is 3. The normalized spacial score (nSPS) is 15.9.